The third kappa shape index (κ3) is 2.88. The first kappa shape index (κ1) is 15.4. The second-order valence-corrected chi connectivity index (χ2v) is 7.91. The Morgan fingerprint density at radius 3 is 2.80 bits per heavy atom. The Balaban J connectivity index is 2.33. The van der Waals surface area contributed by atoms with E-state index in [4.69, 9.17) is 9.84 Å². The maximum atomic E-state index is 12.6. The van der Waals surface area contributed by atoms with Crippen LogP contribution in [0.5, 0.6) is 0 Å². The van der Waals surface area contributed by atoms with Crippen LogP contribution in [0.2, 0.25) is 0 Å². The molecule has 0 amide bonds. The van der Waals surface area contributed by atoms with Gasteiger partial charge in [-0.15, -0.1) is 11.3 Å². The highest BCUT2D eigenvalue weighted by molar-refractivity contribution is 7.91. The molecule has 2 heterocycles. The van der Waals surface area contributed by atoms with Crippen LogP contribution in [0.15, 0.2) is 16.3 Å². The van der Waals surface area contributed by atoms with E-state index in [0.717, 1.165) is 11.3 Å². The lowest BCUT2D eigenvalue weighted by molar-refractivity contribution is -0.0229. The van der Waals surface area contributed by atoms with Gasteiger partial charge in [0.2, 0.25) is 0 Å². The van der Waals surface area contributed by atoms with Crippen molar-refractivity contribution in [2.24, 2.45) is 0 Å². The Hall–Kier alpha value is -0.960. The molecule has 1 aromatic rings. The topological polar surface area (TPSA) is 83.9 Å². The quantitative estimate of drug-likeness (QED) is 0.912. The number of hydrogen-bond donors (Lipinski definition) is 1. The number of nitrogens with zero attached hydrogens (tertiary/aromatic N) is 1. The highest BCUT2D eigenvalue weighted by Crippen LogP contribution is 2.29. The molecule has 8 heteroatoms. The summed E-state index contributed by atoms with van der Waals surface area (Å²) >= 11 is 0.785. The molecular formula is C12H17NO5S2. The highest BCUT2D eigenvalue weighted by Gasteiger charge is 2.36. The summed E-state index contributed by atoms with van der Waals surface area (Å²) in [6, 6.07) is 2.48. The fraction of sp³-hybridized carbons (Fsp3) is 0.583. The lowest BCUT2D eigenvalue weighted by Crippen LogP contribution is -2.50. The number of carboxylic acids is 1. The molecule has 112 valence electrons. The number of carbonyl (C=O) groups is 1. The van der Waals surface area contributed by atoms with Crippen LogP contribution in [0.3, 0.4) is 0 Å². The van der Waals surface area contributed by atoms with Crippen LogP contribution in [-0.4, -0.2) is 49.1 Å². The van der Waals surface area contributed by atoms with Crippen LogP contribution < -0.4 is 0 Å². The molecule has 1 aliphatic rings. The molecule has 1 saturated heterocycles. The van der Waals surface area contributed by atoms with Gasteiger partial charge in [-0.05, 0) is 25.5 Å². The zero-order valence-electron chi connectivity index (χ0n) is 11.3. The first-order valence-corrected chi connectivity index (χ1v) is 8.58. The largest absolute Gasteiger partial charge is 0.477 e. The smallest absolute Gasteiger partial charge is 0.345 e. The number of carboxylic acid groups (broad SMARTS) is 1. The Morgan fingerprint density at radius 1 is 1.55 bits per heavy atom. The van der Waals surface area contributed by atoms with Gasteiger partial charge in [-0.1, -0.05) is 6.92 Å². The normalized spacial score (nSPS) is 24.7. The van der Waals surface area contributed by atoms with E-state index in [2.05, 4.69) is 0 Å². The molecule has 1 fully saturated rings. The summed E-state index contributed by atoms with van der Waals surface area (Å²) in [7, 11) is -3.66. The number of thiophene rings is 1. The minimum Gasteiger partial charge on any atom is -0.477 e. The second kappa shape index (κ2) is 5.80. The number of aromatic carboxylic acids is 1. The third-order valence-electron chi connectivity index (χ3n) is 3.24. The van der Waals surface area contributed by atoms with Crippen LogP contribution in [0.4, 0.5) is 0 Å². The van der Waals surface area contributed by atoms with E-state index in [9.17, 15) is 13.2 Å². The second-order valence-electron chi connectivity index (χ2n) is 4.70. The van der Waals surface area contributed by atoms with E-state index >= 15 is 0 Å². The highest BCUT2D eigenvalue weighted by atomic mass is 32.2. The molecule has 1 N–H and O–H groups in total. The van der Waals surface area contributed by atoms with Gasteiger partial charge in [0.05, 0.1) is 12.7 Å². The molecule has 0 radical (unpaired) electrons. The zero-order valence-corrected chi connectivity index (χ0v) is 12.9. The van der Waals surface area contributed by atoms with E-state index in [1.165, 1.54) is 16.4 Å². The van der Waals surface area contributed by atoms with Crippen LogP contribution in [0.25, 0.3) is 0 Å². The summed E-state index contributed by atoms with van der Waals surface area (Å²) in [5.41, 5.74) is 0. The number of ether oxygens (including phenoxy) is 1. The van der Waals surface area contributed by atoms with Gasteiger partial charge in [0.15, 0.2) is 0 Å². The minimum atomic E-state index is -3.66. The molecular weight excluding hydrogens is 302 g/mol. The monoisotopic (exact) mass is 319 g/mol. The van der Waals surface area contributed by atoms with Gasteiger partial charge in [-0.2, -0.15) is 4.31 Å². The standard InChI is InChI=1S/C12H17NO5S2/c1-3-9-7-18-8(2)6-13(9)20(16,17)11-5-4-10(19-11)12(14)15/h4-5,8-9H,3,6-7H2,1-2H3,(H,14,15). The average molecular weight is 319 g/mol. The predicted molar refractivity (Wildman–Crippen MR) is 74.7 cm³/mol. The van der Waals surface area contributed by atoms with Gasteiger partial charge < -0.3 is 9.84 Å². The number of rotatable bonds is 4. The molecule has 20 heavy (non-hydrogen) atoms. The summed E-state index contributed by atoms with van der Waals surface area (Å²) in [4.78, 5) is 10.9. The molecule has 0 spiro atoms. The first-order valence-electron chi connectivity index (χ1n) is 6.32. The number of sulfonamides is 1. The van der Waals surface area contributed by atoms with Gasteiger partial charge >= 0.3 is 5.97 Å². The molecule has 2 unspecified atom stereocenters. The molecule has 0 bridgehead atoms. The zero-order chi connectivity index (χ0) is 14.9. The Labute approximate surface area is 122 Å². The van der Waals surface area contributed by atoms with Gasteiger partial charge in [-0.3, -0.25) is 0 Å². The van der Waals surface area contributed by atoms with E-state index in [1.54, 1.807) is 0 Å². The van der Waals surface area contributed by atoms with Crippen LogP contribution in [-0.2, 0) is 14.8 Å². The Kier molecular flexibility index (Phi) is 4.48. The summed E-state index contributed by atoms with van der Waals surface area (Å²) in [6.07, 6.45) is 0.495. The van der Waals surface area contributed by atoms with E-state index in [1.807, 2.05) is 13.8 Å². The fourth-order valence-corrected chi connectivity index (χ4v) is 5.15. The van der Waals surface area contributed by atoms with Crippen molar-refractivity contribution in [1.29, 1.82) is 0 Å². The Morgan fingerprint density at radius 2 is 2.25 bits per heavy atom. The van der Waals surface area contributed by atoms with Gasteiger partial charge in [0.1, 0.15) is 9.09 Å². The molecule has 2 atom stereocenters. The van der Waals surface area contributed by atoms with Gasteiger partial charge in [0.25, 0.3) is 10.0 Å². The van der Waals surface area contributed by atoms with Crippen molar-refractivity contribution in [3.8, 4) is 0 Å². The van der Waals surface area contributed by atoms with E-state index in [0.29, 0.717) is 19.6 Å². The predicted octanol–water partition coefficient (Wildman–Crippen LogP) is 1.63. The van der Waals surface area contributed by atoms with Crippen molar-refractivity contribution in [2.75, 3.05) is 13.2 Å². The van der Waals surface area contributed by atoms with Gasteiger partial charge in [0, 0.05) is 12.6 Å². The van der Waals surface area contributed by atoms with Crippen molar-refractivity contribution in [2.45, 2.75) is 36.6 Å². The van der Waals surface area contributed by atoms with Crippen molar-refractivity contribution >= 4 is 27.3 Å². The molecule has 0 aliphatic carbocycles. The number of morpholine rings is 1. The molecule has 0 saturated carbocycles. The average Bonchev–Trinajstić information content (AvgIpc) is 2.89. The summed E-state index contributed by atoms with van der Waals surface area (Å²) in [5, 5.41) is 8.90. The van der Waals surface area contributed by atoms with Crippen molar-refractivity contribution in [3.05, 3.63) is 17.0 Å². The van der Waals surface area contributed by atoms with Crippen molar-refractivity contribution in [3.63, 3.8) is 0 Å². The van der Waals surface area contributed by atoms with E-state index in [-0.39, 0.29) is 21.2 Å². The summed E-state index contributed by atoms with van der Waals surface area (Å²) in [5.74, 6) is -1.11. The molecule has 6 nitrogen and oxygen atoms in total. The third-order valence-corrected chi connectivity index (χ3v) is 6.70. The molecule has 0 aromatic carbocycles. The van der Waals surface area contributed by atoms with E-state index < -0.39 is 16.0 Å². The first-order chi connectivity index (χ1) is 9.36. The molecule has 2 rings (SSSR count). The molecule has 1 aliphatic heterocycles. The van der Waals surface area contributed by atoms with Crippen LogP contribution in [0.1, 0.15) is 29.9 Å². The van der Waals surface area contributed by atoms with Gasteiger partial charge in [-0.25, -0.2) is 13.2 Å². The summed E-state index contributed by atoms with van der Waals surface area (Å²) < 4.78 is 32.2. The summed E-state index contributed by atoms with van der Waals surface area (Å²) in [6.45, 7) is 4.39. The number of hydrogen-bond acceptors (Lipinski definition) is 5. The maximum absolute atomic E-state index is 12.6. The maximum Gasteiger partial charge on any atom is 0.345 e. The lowest BCUT2D eigenvalue weighted by Gasteiger charge is -2.36. The lowest BCUT2D eigenvalue weighted by atomic mass is 10.2. The van der Waals surface area contributed by atoms with Crippen molar-refractivity contribution in [1.82, 2.24) is 4.31 Å². The Bertz CT molecular complexity index is 595. The fourth-order valence-electron chi connectivity index (χ4n) is 2.12. The van der Waals surface area contributed by atoms with Crippen LogP contribution in [0, 0.1) is 0 Å². The SMILES string of the molecule is CCC1COC(C)CN1S(=O)(=O)c1ccc(C(=O)O)s1. The minimum absolute atomic E-state index is 0.0259. The van der Waals surface area contributed by atoms with Crippen LogP contribution >= 0.6 is 11.3 Å². The molecule has 1 aromatic heterocycles. The van der Waals surface area contributed by atoms with Crippen molar-refractivity contribution < 1.29 is 23.1 Å².